The number of methoxy groups -OCH3 is 1. The Morgan fingerprint density at radius 2 is 2.23 bits per heavy atom. The number of pyridine rings is 1. The molecule has 0 atom stereocenters. The quantitative estimate of drug-likeness (QED) is 0.712. The minimum Gasteiger partial charge on any atom is -0.491 e. The Kier molecular flexibility index (Phi) is 3.71. The van der Waals surface area contributed by atoms with Crippen LogP contribution in [0.4, 0.5) is 0 Å². The Bertz CT molecular complexity index is 261. The van der Waals surface area contributed by atoms with Crippen molar-refractivity contribution in [1.82, 2.24) is 4.98 Å². The van der Waals surface area contributed by atoms with Crippen LogP contribution in [0, 0.1) is 0 Å². The summed E-state index contributed by atoms with van der Waals surface area (Å²) in [4.78, 5) is 4.01. The Balaban J connectivity index is 2.78. The van der Waals surface area contributed by atoms with E-state index in [4.69, 9.17) is 9.47 Å². The summed E-state index contributed by atoms with van der Waals surface area (Å²) in [6.07, 6.45) is 3.66. The molecule has 0 unspecified atom stereocenters. The SMILES string of the molecule is COCc1cnccc1OC(C)C. The standard InChI is InChI=1S/C10H15NO2/c1-8(2)13-10-4-5-11-6-9(10)7-12-3/h4-6,8H,7H2,1-3H3. The highest BCUT2D eigenvalue weighted by Crippen LogP contribution is 2.18. The predicted octanol–water partition coefficient (Wildman–Crippen LogP) is 2.02. The van der Waals surface area contributed by atoms with Gasteiger partial charge in [-0.05, 0) is 19.9 Å². The lowest BCUT2D eigenvalue weighted by Gasteiger charge is -2.12. The van der Waals surface area contributed by atoms with E-state index in [0.717, 1.165) is 11.3 Å². The molecule has 1 rings (SSSR count). The van der Waals surface area contributed by atoms with Gasteiger partial charge in [-0.25, -0.2) is 0 Å². The van der Waals surface area contributed by atoms with Crippen molar-refractivity contribution in [1.29, 1.82) is 0 Å². The van der Waals surface area contributed by atoms with E-state index in [-0.39, 0.29) is 6.10 Å². The van der Waals surface area contributed by atoms with E-state index in [2.05, 4.69) is 4.98 Å². The Hall–Kier alpha value is -1.09. The van der Waals surface area contributed by atoms with Crippen LogP contribution in [0.1, 0.15) is 19.4 Å². The lowest BCUT2D eigenvalue weighted by molar-refractivity contribution is 0.174. The molecule has 0 radical (unpaired) electrons. The van der Waals surface area contributed by atoms with Crippen molar-refractivity contribution in [2.24, 2.45) is 0 Å². The molecular weight excluding hydrogens is 166 g/mol. The van der Waals surface area contributed by atoms with Crippen LogP contribution in [0.15, 0.2) is 18.5 Å². The van der Waals surface area contributed by atoms with Crippen molar-refractivity contribution in [3.8, 4) is 5.75 Å². The largest absolute Gasteiger partial charge is 0.491 e. The third-order valence-corrected chi connectivity index (χ3v) is 1.52. The van der Waals surface area contributed by atoms with Gasteiger partial charge in [-0.2, -0.15) is 0 Å². The molecule has 0 aromatic carbocycles. The molecule has 3 nitrogen and oxygen atoms in total. The fraction of sp³-hybridized carbons (Fsp3) is 0.500. The van der Waals surface area contributed by atoms with E-state index in [9.17, 15) is 0 Å². The molecule has 0 saturated heterocycles. The summed E-state index contributed by atoms with van der Waals surface area (Å²) in [5.74, 6) is 0.854. The molecule has 0 amide bonds. The highest BCUT2D eigenvalue weighted by molar-refractivity contribution is 5.29. The van der Waals surface area contributed by atoms with Gasteiger partial charge in [-0.3, -0.25) is 4.98 Å². The molecule has 72 valence electrons. The van der Waals surface area contributed by atoms with Crippen molar-refractivity contribution >= 4 is 0 Å². The second-order valence-corrected chi connectivity index (χ2v) is 3.08. The molecule has 0 spiro atoms. The smallest absolute Gasteiger partial charge is 0.128 e. The van der Waals surface area contributed by atoms with E-state index in [1.807, 2.05) is 19.9 Å². The van der Waals surface area contributed by atoms with Crippen LogP contribution >= 0.6 is 0 Å². The zero-order valence-corrected chi connectivity index (χ0v) is 8.28. The molecule has 3 heteroatoms. The van der Waals surface area contributed by atoms with E-state index in [0.29, 0.717) is 6.61 Å². The van der Waals surface area contributed by atoms with Crippen LogP contribution in [0.2, 0.25) is 0 Å². The van der Waals surface area contributed by atoms with E-state index in [1.54, 1.807) is 19.5 Å². The molecule has 0 saturated carbocycles. The average Bonchev–Trinajstić information content (AvgIpc) is 2.08. The van der Waals surface area contributed by atoms with E-state index in [1.165, 1.54) is 0 Å². The second-order valence-electron chi connectivity index (χ2n) is 3.08. The monoisotopic (exact) mass is 181 g/mol. The minimum atomic E-state index is 0.179. The Morgan fingerprint density at radius 1 is 1.46 bits per heavy atom. The second kappa shape index (κ2) is 4.82. The first-order chi connectivity index (χ1) is 6.24. The van der Waals surface area contributed by atoms with Gasteiger partial charge in [-0.15, -0.1) is 0 Å². The van der Waals surface area contributed by atoms with Crippen molar-refractivity contribution in [3.05, 3.63) is 24.0 Å². The van der Waals surface area contributed by atoms with E-state index < -0.39 is 0 Å². The molecule has 0 aliphatic rings. The zero-order chi connectivity index (χ0) is 9.68. The van der Waals surface area contributed by atoms with Gasteiger partial charge >= 0.3 is 0 Å². The topological polar surface area (TPSA) is 31.4 Å². The first kappa shape index (κ1) is 9.99. The van der Waals surface area contributed by atoms with Crippen LogP contribution in [0.3, 0.4) is 0 Å². The first-order valence-electron chi connectivity index (χ1n) is 4.32. The molecule has 13 heavy (non-hydrogen) atoms. The molecule has 0 aliphatic heterocycles. The highest BCUT2D eigenvalue weighted by atomic mass is 16.5. The van der Waals surface area contributed by atoms with E-state index >= 15 is 0 Å². The maximum atomic E-state index is 5.58. The summed E-state index contributed by atoms with van der Waals surface area (Å²) in [5.41, 5.74) is 0.985. The summed E-state index contributed by atoms with van der Waals surface area (Å²) >= 11 is 0. The normalized spacial score (nSPS) is 10.5. The lowest BCUT2D eigenvalue weighted by atomic mass is 10.2. The van der Waals surface area contributed by atoms with Crippen LogP contribution < -0.4 is 4.74 Å². The Morgan fingerprint density at radius 3 is 2.85 bits per heavy atom. The number of hydrogen-bond donors (Lipinski definition) is 0. The molecule has 0 N–H and O–H groups in total. The maximum Gasteiger partial charge on any atom is 0.128 e. The first-order valence-corrected chi connectivity index (χ1v) is 4.32. The van der Waals surface area contributed by atoms with Gasteiger partial charge < -0.3 is 9.47 Å². The number of nitrogens with zero attached hydrogens (tertiary/aromatic N) is 1. The fourth-order valence-electron chi connectivity index (χ4n) is 1.05. The third kappa shape index (κ3) is 3.03. The molecule has 0 fully saturated rings. The summed E-state index contributed by atoms with van der Waals surface area (Å²) in [6.45, 7) is 4.53. The number of ether oxygens (including phenoxy) is 2. The van der Waals surface area contributed by atoms with Crippen molar-refractivity contribution in [2.45, 2.75) is 26.6 Å². The fourth-order valence-corrected chi connectivity index (χ4v) is 1.05. The van der Waals surface area contributed by atoms with Crippen LogP contribution in [0.5, 0.6) is 5.75 Å². The van der Waals surface area contributed by atoms with Gasteiger partial charge in [0, 0.05) is 25.1 Å². The Labute approximate surface area is 78.7 Å². The van der Waals surface area contributed by atoms with Gasteiger partial charge in [0.25, 0.3) is 0 Å². The zero-order valence-electron chi connectivity index (χ0n) is 8.28. The number of aromatic nitrogens is 1. The number of hydrogen-bond acceptors (Lipinski definition) is 3. The maximum absolute atomic E-state index is 5.58. The number of rotatable bonds is 4. The lowest BCUT2D eigenvalue weighted by Crippen LogP contribution is -2.07. The van der Waals surface area contributed by atoms with Crippen molar-refractivity contribution in [3.63, 3.8) is 0 Å². The van der Waals surface area contributed by atoms with Crippen molar-refractivity contribution in [2.75, 3.05) is 7.11 Å². The summed E-state index contributed by atoms with van der Waals surface area (Å²) in [6, 6.07) is 1.86. The predicted molar refractivity (Wildman–Crippen MR) is 50.7 cm³/mol. The summed E-state index contributed by atoms with van der Waals surface area (Å²) in [7, 11) is 1.66. The summed E-state index contributed by atoms with van der Waals surface area (Å²) in [5, 5.41) is 0. The van der Waals surface area contributed by atoms with Crippen molar-refractivity contribution < 1.29 is 9.47 Å². The van der Waals surface area contributed by atoms with Gasteiger partial charge in [0.1, 0.15) is 5.75 Å². The van der Waals surface area contributed by atoms with Gasteiger partial charge in [0.2, 0.25) is 0 Å². The van der Waals surface area contributed by atoms with Crippen LogP contribution in [-0.2, 0) is 11.3 Å². The molecule has 0 bridgehead atoms. The van der Waals surface area contributed by atoms with Crippen LogP contribution in [0.25, 0.3) is 0 Å². The van der Waals surface area contributed by atoms with Gasteiger partial charge in [0.15, 0.2) is 0 Å². The molecule has 1 heterocycles. The molecule has 0 aliphatic carbocycles. The van der Waals surface area contributed by atoms with Gasteiger partial charge in [-0.1, -0.05) is 0 Å². The van der Waals surface area contributed by atoms with Crippen LogP contribution in [-0.4, -0.2) is 18.2 Å². The molecular formula is C10H15NO2. The van der Waals surface area contributed by atoms with Gasteiger partial charge in [0.05, 0.1) is 12.7 Å². The third-order valence-electron chi connectivity index (χ3n) is 1.52. The highest BCUT2D eigenvalue weighted by Gasteiger charge is 2.04. The molecule has 1 aromatic rings. The average molecular weight is 181 g/mol. The summed E-state index contributed by atoms with van der Waals surface area (Å²) < 4.78 is 10.6. The molecule has 1 aromatic heterocycles. The minimum absolute atomic E-state index is 0.179.